The minimum atomic E-state index is -4.63. The van der Waals surface area contributed by atoms with E-state index in [2.05, 4.69) is 0 Å². The number of carbonyl (C=O) groups is 1. The lowest BCUT2D eigenvalue weighted by Gasteiger charge is -2.43. The van der Waals surface area contributed by atoms with Gasteiger partial charge in [-0.2, -0.15) is 18.4 Å². The van der Waals surface area contributed by atoms with Crippen molar-refractivity contribution in [1.82, 2.24) is 4.90 Å². The van der Waals surface area contributed by atoms with E-state index in [9.17, 15) is 22.4 Å². The molecule has 2 unspecified atom stereocenters. The lowest BCUT2D eigenvalue weighted by atomic mass is 9.73. The molecule has 180 valence electrons. The van der Waals surface area contributed by atoms with E-state index in [0.717, 1.165) is 6.07 Å². The van der Waals surface area contributed by atoms with E-state index in [1.807, 2.05) is 4.90 Å². The molecule has 0 radical (unpaired) electrons. The topological polar surface area (TPSA) is 56.6 Å². The molecule has 2 aliphatic heterocycles. The number of hydrogen-bond donors (Lipinski definition) is 0. The number of likely N-dealkylation sites (tertiary alicyclic amines) is 1. The summed E-state index contributed by atoms with van der Waals surface area (Å²) in [6.45, 7) is 2.27. The zero-order valence-corrected chi connectivity index (χ0v) is 18.7. The number of ether oxygens (including phenoxy) is 1. The van der Waals surface area contributed by atoms with Crippen LogP contribution < -0.4 is 4.90 Å². The number of halogens is 4. The summed E-state index contributed by atoms with van der Waals surface area (Å²) in [5, 5.41) is 9.08. The number of benzene rings is 2. The van der Waals surface area contributed by atoms with Gasteiger partial charge in [0.1, 0.15) is 5.82 Å². The van der Waals surface area contributed by atoms with Gasteiger partial charge < -0.3 is 14.5 Å². The first-order valence-corrected chi connectivity index (χ1v) is 11.0. The molecule has 2 aliphatic rings. The molecule has 2 aromatic carbocycles. The summed E-state index contributed by atoms with van der Waals surface area (Å²) in [6, 6.07) is 11.5. The lowest BCUT2D eigenvalue weighted by molar-refractivity contribution is -0.138. The number of rotatable bonds is 5. The van der Waals surface area contributed by atoms with E-state index >= 15 is 0 Å². The molecule has 0 aromatic heterocycles. The molecule has 0 aliphatic carbocycles. The van der Waals surface area contributed by atoms with Gasteiger partial charge in [-0.25, -0.2) is 4.39 Å². The van der Waals surface area contributed by atoms with Gasteiger partial charge in [-0.3, -0.25) is 4.79 Å². The van der Waals surface area contributed by atoms with Crippen LogP contribution in [-0.2, 0) is 22.1 Å². The van der Waals surface area contributed by atoms with E-state index in [1.165, 1.54) is 18.2 Å². The number of piperidine rings is 1. The van der Waals surface area contributed by atoms with Crippen LogP contribution in [0.4, 0.5) is 23.2 Å². The highest BCUT2D eigenvalue weighted by atomic mass is 19.4. The summed E-state index contributed by atoms with van der Waals surface area (Å²) in [6.07, 6.45) is -4.04. The summed E-state index contributed by atoms with van der Waals surface area (Å²) in [4.78, 5) is 16.5. The molecule has 1 amide bonds. The number of alkyl halides is 3. The first-order chi connectivity index (χ1) is 16.2. The highest BCUT2D eigenvalue weighted by Gasteiger charge is 2.50. The Bertz CT molecular complexity index is 1110. The van der Waals surface area contributed by atoms with Gasteiger partial charge in [0.15, 0.2) is 0 Å². The molecule has 2 aromatic rings. The van der Waals surface area contributed by atoms with Crippen molar-refractivity contribution in [2.45, 2.75) is 19.0 Å². The van der Waals surface area contributed by atoms with Gasteiger partial charge in [-0.05, 0) is 36.2 Å². The smallest absolute Gasteiger partial charge is 0.384 e. The first-order valence-electron chi connectivity index (χ1n) is 11.0. The third kappa shape index (κ3) is 4.60. The van der Waals surface area contributed by atoms with Crippen molar-refractivity contribution in [3.05, 3.63) is 65.0 Å². The van der Waals surface area contributed by atoms with Crippen molar-refractivity contribution < 1.29 is 27.1 Å². The Kier molecular flexibility index (Phi) is 6.54. The van der Waals surface area contributed by atoms with Crippen LogP contribution in [0.1, 0.15) is 23.1 Å². The fourth-order valence-electron chi connectivity index (χ4n) is 5.21. The number of amides is 1. The second-order valence-corrected chi connectivity index (χ2v) is 9.07. The summed E-state index contributed by atoms with van der Waals surface area (Å²) in [7, 11) is 1.59. The average molecular weight is 475 g/mol. The third-order valence-corrected chi connectivity index (χ3v) is 7.01. The first kappa shape index (κ1) is 24.0. The Labute approximate surface area is 195 Å². The maximum absolute atomic E-state index is 14.0. The standard InChI is InChI=1S/C25H25F4N3O2/c1-34-16-24-8-9-31(23(33)10-17-4-2-3-5-22(17)26)13-19(24)14-32(15-24)20-7-6-18(12-30)21(11-20)25(27,28)29/h2-7,11,19H,8-10,13-16H2,1H3. The number of methoxy groups -OCH3 is 1. The van der Waals surface area contributed by atoms with Gasteiger partial charge in [0, 0.05) is 50.3 Å². The molecule has 34 heavy (non-hydrogen) atoms. The molecular formula is C25H25F4N3O2. The highest BCUT2D eigenvalue weighted by Crippen LogP contribution is 2.45. The maximum Gasteiger partial charge on any atom is 0.417 e. The molecule has 0 bridgehead atoms. The average Bonchev–Trinajstić information content (AvgIpc) is 3.18. The number of anilines is 1. The van der Waals surface area contributed by atoms with Crippen LogP contribution in [0.15, 0.2) is 42.5 Å². The summed E-state index contributed by atoms with van der Waals surface area (Å²) in [5.41, 5.74) is -0.947. The van der Waals surface area contributed by atoms with Gasteiger partial charge in [-0.15, -0.1) is 0 Å². The second-order valence-electron chi connectivity index (χ2n) is 9.07. The quantitative estimate of drug-likeness (QED) is 0.607. The minimum Gasteiger partial charge on any atom is -0.384 e. The van der Waals surface area contributed by atoms with E-state index in [4.69, 9.17) is 10.00 Å². The SMILES string of the molecule is COCC12CCN(C(=O)Cc3ccccc3F)CC1CN(c1ccc(C#N)c(C(F)(F)F)c1)C2. The van der Waals surface area contributed by atoms with Crippen LogP contribution >= 0.6 is 0 Å². The molecule has 0 N–H and O–H groups in total. The van der Waals surface area contributed by atoms with Crippen LogP contribution in [0, 0.1) is 28.5 Å². The zero-order valence-electron chi connectivity index (χ0n) is 18.7. The molecule has 5 nitrogen and oxygen atoms in total. The molecule has 2 saturated heterocycles. The molecule has 0 spiro atoms. The Morgan fingerprint density at radius 1 is 1.24 bits per heavy atom. The Balaban J connectivity index is 1.54. The number of hydrogen-bond acceptors (Lipinski definition) is 4. The van der Waals surface area contributed by atoms with Crippen molar-refractivity contribution in [3.63, 3.8) is 0 Å². The Hall–Kier alpha value is -3.12. The molecule has 2 heterocycles. The molecule has 4 rings (SSSR count). The number of fused-ring (bicyclic) bond motifs is 1. The van der Waals surface area contributed by atoms with Gasteiger partial charge in [0.05, 0.1) is 30.2 Å². The fourth-order valence-corrected chi connectivity index (χ4v) is 5.21. The molecular weight excluding hydrogens is 450 g/mol. The largest absolute Gasteiger partial charge is 0.417 e. The van der Waals surface area contributed by atoms with Crippen LogP contribution in [0.3, 0.4) is 0 Å². The van der Waals surface area contributed by atoms with Crippen molar-refractivity contribution in [2.75, 3.05) is 44.8 Å². The Morgan fingerprint density at radius 2 is 2.00 bits per heavy atom. The summed E-state index contributed by atoms with van der Waals surface area (Å²) >= 11 is 0. The number of nitriles is 1. The van der Waals surface area contributed by atoms with Crippen molar-refractivity contribution in [1.29, 1.82) is 5.26 Å². The van der Waals surface area contributed by atoms with Gasteiger partial charge in [0.2, 0.25) is 5.91 Å². The molecule has 2 fully saturated rings. The van der Waals surface area contributed by atoms with Crippen LogP contribution in [-0.4, -0.2) is 50.7 Å². The molecule has 9 heteroatoms. The maximum atomic E-state index is 14.0. The van der Waals surface area contributed by atoms with E-state index in [1.54, 1.807) is 36.3 Å². The van der Waals surface area contributed by atoms with E-state index < -0.39 is 23.1 Å². The zero-order chi connectivity index (χ0) is 24.5. The summed E-state index contributed by atoms with van der Waals surface area (Å²) in [5.74, 6) is -0.613. The van der Waals surface area contributed by atoms with Crippen molar-refractivity contribution in [2.24, 2.45) is 11.3 Å². The van der Waals surface area contributed by atoms with Crippen LogP contribution in [0.5, 0.6) is 0 Å². The van der Waals surface area contributed by atoms with Crippen molar-refractivity contribution in [3.8, 4) is 6.07 Å². The molecule has 2 atom stereocenters. The number of carbonyl (C=O) groups excluding carboxylic acids is 1. The second kappa shape index (κ2) is 9.26. The van der Waals surface area contributed by atoms with Crippen LogP contribution in [0.2, 0.25) is 0 Å². The van der Waals surface area contributed by atoms with Crippen molar-refractivity contribution >= 4 is 11.6 Å². The summed E-state index contributed by atoms with van der Waals surface area (Å²) < 4.78 is 59.9. The lowest BCUT2D eigenvalue weighted by Crippen LogP contribution is -2.51. The normalized spacial score (nSPS) is 22.4. The van der Waals surface area contributed by atoms with Gasteiger partial charge >= 0.3 is 6.18 Å². The van der Waals surface area contributed by atoms with E-state index in [0.29, 0.717) is 50.5 Å². The van der Waals surface area contributed by atoms with E-state index in [-0.39, 0.29) is 23.7 Å². The van der Waals surface area contributed by atoms with Crippen LogP contribution in [0.25, 0.3) is 0 Å². The Morgan fingerprint density at radius 3 is 2.68 bits per heavy atom. The third-order valence-electron chi connectivity index (χ3n) is 7.01. The molecule has 0 saturated carbocycles. The monoisotopic (exact) mass is 475 g/mol. The minimum absolute atomic E-state index is 0.0178. The fraction of sp³-hybridized carbons (Fsp3) is 0.440. The van der Waals surface area contributed by atoms with Gasteiger partial charge in [0.25, 0.3) is 0 Å². The predicted octanol–water partition coefficient (Wildman–Crippen LogP) is 4.26. The predicted molar refractivity (Wildman–Crippen MR) is 117 cm³/mol. The highest BCUT2D eigenvalue weighted by molar-refractivity contribution is 5.79. The number of nitrogens with zero attached hydrogens (tertiary/aromatic N) is 3. The van der Waals surface area contributed by atoms with Gasteiger partial charge in [-0.1, -0.05) is 18.2 Å².